The summed E-state index contributed by atoms with van der Waals surface area (Å²) in [5.74, 6) is 0. The van der Waals surface area contributed by atoms with Gasteiger partial charge in [0.2, 0.25) is 0 Å². The normalized spacial score (nSPS) is 12.5. The molecule has 2 heterocycles. The molecule has 9 aromatic carbocycles. The van der Waals surface area contributed by atoms with Crippen molar-refractivity contribution in [3.8, 4) is 50.3 Å². The molecule has 0 amide bonds. The Morgan fingerprint density at radius 1 is 0.424 bits per heavy atom. The molecule has 3 nitrogen and oxygen atoms in total. The lowest BCUT2D eigenvalue weighted by molar-refractivity contribution is 0.968. The van der Waals surface area contributed by atoms with Gasteiger partial charge in [0.05, 0.1) is 28.4 Å². The molecule has 2 aromatic heterocycles. The first-order chi connectivity index (χ1) is 29.2. The molecule has 59 heavy (non-hydrogen) atoms. The molecule has 12 rings (SSSR count). The Kier molecular flexibility index (Phi) is 7.67. The van der Waals surface area contributed by atoms with Gasteiger partial charge in [0.25, 0.3) is 0 Å². The summed E-state index contributed by atoms with van der Waals surface area (Å²) in [5.41, 5.74) is 16.2. The molecule has 0 aliphatic heterocycles. The summed E-state index contributed by atoms with van der Waals surface area (Å²) in [7, 11) is 0. The third-order valence-electron chi connectivity index (χ3n) is 12.3. The molecule has 0 fully saturated rings. The van der Waals surface area contributed by atoms with Crippen molar-refractivity contribution in [2.75, 3.05) is 0 Å². The predicted octanol–water partition coefficient (Wildman–Crippen LogP) is 14.7. The molecule has 0 unspecified atom stereocenters. The third kappa shape index (κ3) is 5.58. The van der Waals surface area contributed by atoms with Crippen molar-refractivity contribution < 1.29 is 0 Å². The van der Waals surface area contributed by atoms with Crippen LogP contribution in [0.1, 0.15) is 17.7 Å². The maximum atomic E-state index is 5.20. The van der Waals surface area contributed by atoms with Crippen LogP contribution in [0.2, 0.25) is 0 Å². The van der Waals surface area contributed by atoms with Gasteiger partial charge in [0.1, 0.15) is 0 Å². The van der Waals surface area contributed by atoms with E-state index < -0.39 is 0 Å². The van der Waals surface area contributed by atoms with Gasteiger partial charge in [0.15, 0.2) is 0 Å². The summed E-state index contributed by atoms with van der Waals surface area (Å²) < 4.78 is 2.45. The van der Waals surface area contributed by atoms with E-state index >= 15 is 0 Å². The molecule has 276 valence electrons. The van der Waals surface area contributed by atoms with Gasteiger partial charge in [-0.2, -0.15) is 0 Å². The molecular weight excluding hydrogens is 715 g/mol. The van der Waals surface area contributed by atoms with Gasteiger partial charge < -0.3 is 4.57 Å². The summed E-state index contributed by atoms with van der Waals surface area (Å²) in [5, 5.41) is 8.53. The number of nitrogens with zero attached hydrogens (tertiary/aromatic N) is 3. The van der Waals surface area contributed by atoms with Crippen LogP contribution in [-0.2, 0) is 6.42 Å². The second-order valence-corrected chi connectivity index (χ2v) is 15.7. The number of hydrogen-bond acceptors (Lipinski definition) is 2. The van der Waals surface area contributed by atoms with Gasteiger partial charge in [-0.15, -0.1) is 0 Å². The van der Waals surface area contributed by atoms with Crippen LogP contribution in [0.15, 0.2) is 194 Å². The van der Waals surface area contributed by atoms with E-state index in [1.807, 2.05) is 6.20 Å². The minimum atomic E-state index is 0.872. The highest BCUT2D eigenvalue weighted by atomic mass is 15.0. The second-order valence-electron chi connectivity index (χ2n) is 15.7. The Morgan fingerprint density at radius 2 is 1.02 bits per heavy atom. The largest absolute Gasteiger partial charge is 0.310 e. The van der Waals surface area contributed by atoms with Crippen LogP contribution in [0.3, 0.4) is 0 Å². The highest BCUT2D eigenvalue weighted by Gasteiger charge is 2.20. The molecule has 0 bridgehead atoms. The number of hydrogen-bond donors (Lipinski definition) is 0. The van der Waals surface area contributed by atoms with E-state index in [2.05, 4.69) is 199 Å². The summed E-state index contributed by atoms with van der Waals surface area (Å²) in [6, 6.07) is 66.0. The molecule has 0 saturated carbocycles. The standard InChI is InChI=1S/C56H37N3/c1-2-11-43-33-45(30-28-36(43)10-1)59-53-19-8-7-16-48(53)51-34-44(29-31-54(51)59)39-22-20-37(21-23-39)41-12-9-13-42(32-41)38-24-26-40(27-25-38)52-35-57-55-49-17-5-3-14-46(49)47-15-4-6-18-50(47)56(55)58-52/h1-6,8-15,17-35H,7,16H2. The summed E-state index contributed by atoms with van der Waals surface area (Å²) in [6.07, 6.45) is 8.66. The summed E-state index contributed by atoms with van der Waals surface area (Å²) in [6.45, 7) is 0. The van der Waals surface area contributed by atoms with E-state index in [9.17, 15) is 0 Å². The Morgan fingerprint density at radius 3 is 1.73 bits per heavy atom. The van der Waals surface area contributed by atoms with E-state index in [4.69, 9.17) is 9.97 Å². The SMILES string of the molecule is C1=Cc2c(c3cc(-c4ccc(-c5cccc(-c6ccc(-c7cnc8c9ccccc9c9ccccc9c8n7)cc6)c5)cc4)ccc3n2-c2ccc3ccccc3c2)CC1. The van der Waals surface area contributed by atoms with Crippen molar-refractivity contribution in [2.45, 2.75) is 12.8 Å². The molecule has 0 N–H and O–H groups in total. The number of benzene rings is 9. The first kappa shape index (κ1) is 33.5. The lowest BCUT2D eigenvalue weighted by atomic mass is 9.95. The van der Waals surface area contributed by atoms with Crippen molar-refractivity contribution in [1.29, 1.82) is 0 Å². The Hall–Kier alpha value is -7.62. The minimum Gasteiger partial charge on any atom is -0.310 e. The van der Waals surface area contributed by atoms with Gasteiger partial charge >= 0.3 is 0 Å². The zero-order valence-corrected chi connectivity index (χ0v) is 32.3. The second kappa shape index (κ2) is 13.5. The minimum absolute atomic E-state index is 0.872. The first-order valence-corrected chi connectivity index (χ1v) is 20.4. The first-order valence-electron chi connectivity index (χ1n) is 20.4. The lowest BCUT2D eigenvalue weighted by Gasteiger charge is -2.13. The fraction of sp³-hybridized carbons (Fsp3) is 0.0357. The molecule has 11 aromatic rings. The van der Waals surface area contributed by atoms with E-state index in [1.165, 1.54) is 82.8 Å². The molecule has 3 heteroatoms. The van der Waals surface area contributed by atoms with Crippen LogP contribution < -0.4 is 0 Å². The van der Waals surface area contributed by atoms with Crippen LogP contribution in [0.25, 0.3) is 111 Å². The number of allylic oxidation sites excluding steroid dienone is 1. The Labute approximate surface area is 342 Å². The zero-order valence-electron chi connectivity index (χ0n) is 32.3. The fourth-order valence-electron chi connectivity index (χ4n) is 9.34. The molecule has 0 saturated heterocycles. The predicted molar refractivity (Wildman–Crippen MR) is 248 cm³/mol. The fourth-order valence-corrected chi connectivity index (χ4v) is 9.34. The van der Waals surface area contributed by atoms with E-state index in [1.54, 1.807) is 0 Å². The lowest BCUT2D eigenvalue weighted by Crippen LogP contribution is -2.00. The van der Waals surface area contributed by atoms with Crippen LogP contribution in [0.5, 0.6) is 0 Å². The zero-order chi connectivity index (χ0) is 38.9. The van der Waals surface area contributed by atoms with Crippen LogP contribution in [0.4, 0.5) is 0 Å². The van der Waals surface area contributed by atoms with Crippen molar-refractivity contribution in [3.05, 3.63) is 206 Å². The van der Waals surface area contributed by atoms with Crippen LogP contribution in [0, 0.1) is 0 Å². The molecule has 0 radical (unpaired) electrons. The van der Waals surface area contributed by atoms with Crippen molar-refractivity contribution in [2.24, 2.45) is 0 Å². The smallest absolute Gasteiger partial charge is 0.0979 e. The summed E-state index contributed by atoms with van der Waals surface area (Å²) >= 11 is 0. The van der Waals surface area contributed by atoms with Gasteiger partial charge in [0, 0.05) is 33.1 Å². The molecule has 0 atom stereocenters. The maximum absolute atomic E-state index is 5.20. The maximum Gasteiger partial charge on any atom is 0.0979 e. The van der Waals surface area contributed by atoms with Crippen LogP contribution >= 0.6 is 0 Å². The number of aryl methyl sites for hydroxylation is 1. The number of aromatic nitrogens is 3. The average Bonchev–Trinajstić information content (AvgIpc) is 3.65. The Bertz CT molecular complexity index is 3440. The quantitative estimate of drug-likeness (QED) is 0.164. The average molecular weight is 752 g/mol. The number of fused-ring (bicyclic) bond motifs is 10. The molecular formula is C56H37N3. The molecule has 1 aliphatic carbocycles. The van der Waals surface area contributed by atoms with E-state index in [0.29, 0.717) is 0 Å². The third-order valence-corrected chi connectivity index (χ3v) is 12.3. The van der Waals surface area contributed by atoms with Gasteiger partial charge in [-0.1, -0.05) is 158 Å². The van der Waals surface area contributed by atoms with Crippen LogP contribution in [-0.4, -0.2) is 14.5 Å². The highest BCUT2D eigenvalue weighted by Crippen LogP contribution is 2.38. The Balaban J connectivity index is 0.836. The van der Waals surface area contributed by atoms with Crippen molar-refractivity contribution in [3.63, 3.8) is 0 Å². The van der Waals surface area contributed by atoms with E-state index in [0.717, 1.165) is 45.9 Å². The summed E-state index contributed by atoms with van der Waals surface area (Å²) in [4.78, 5) is 10.2. The van der Waals surface area contributed by atoms with Crippen molar-refractivity contribution >= 4 is 60.3 Å². The highest BCUT2D eigenvalue weighted by molar-refractivity contribution is 6.23. The van der Waals surface area contributed by atoms with Gasteiger partial charge in [-0.05, 0) is 110 Å². The molecule has 1 aliphatic rings. The van der Waals surface area contributed by atoms with E-state index in [-0.39, 0.29) is 0 Å². The molecule has 0 spiro atoms. The number of rotatable bonds is 5. The van der Waals surface area contributed by atoms with Gasteiger partial charge in [-0.3, -0.25) is 4.98 Å². The van der Waals surface area contributed by atoms with Crippen molar-refractivity contribution in [1.82, 2.24) is 14.5 Å². The van der Waals surface area contributed by atoms with Gasteiger partial charge in [-0.25, -0.2) is 4.98 Å². The monoisotopic (exact) mass is 751 g/mol. The topological polar surface area (TPSA) is 30.7 Å².